The van der Waals surface area contributed by atoms with Crippen LogP contribution in [0.15, 0.2) is 55.4 Å². The molecule has 11 heteroatoms. The van der Waals surface area contributed by atoms with Crippen LogP contribution in [-0.2, 0) is 17.8 Å². The number of hydrogen-bond acceptors (Lipinski definition) is 5. The molecule has 0 aliphatic heterocycles. The third kappa shape index (κ3) is 4.33. The Labute approximate surface area is 215 Å². The van der Waals surface area contributed by atoms with Gasteiger partial charge in [0.05, 0.1) is 48.5 Å². The second-order valence-electron chi connectivity index (χ2n) is 9.08. The number of aromatic nitrogens is 5. The predicted octanol–water partition coefficient (Wildman–Crippen LogP) is 4.22. The molecule has 0 unspecified atom stereocenters. The molecule has 0 radical (unpaired) electrons. The zero-order valence-electron chi connectivity index (χ0n) is 19.8. The molecule has 1 fully saturated rings. The summed E-state index contributed by atoms with van der Waals surface area (Å²) in [6.07, 6.45) is 11.1. The van der Waals surface area contributed by atoms with E-state index in [1.54, 1.807) is 17.0 Å². The number of halogens is 2. The van der Waals surface area contributed by atoms with Crippen molar-refractivity contribution in [2.75, 3.05) is 7.11 Å². The smallest absolute Gasteiger partial charge is 0.354 e. The second-order valence-corrected chi connectivity index (χ2v) is 9.48. The highest BCUT2D eigenvalue weighted by Crippen LogP contribution is 2.39. The third-order valence-corrected chi connectivity index (χ3v) is 6.84. The van der Waals surface area contributed by atoms with Gasteiger partial charge in [-0.25, -0.2) is 19.2 Å². The van der Waals surface area contributed by atoms with Crippen LogP contribution < -0.4 is 5.32 Å². The first-order valence-corrected chi connectivity index (χ1v) is 12.1. The van der Waals surface area contributed by atoms with E-state index in [4.69, 9.17) is 16.3 Å². The van der Waals surface area contributed by atoms with E-state index in [1.807, 2.05) is 16.7 Å². The predicted molar refractivity (Wildman–Crippen MR) is 133 cm³/mol. The SMILES string of the molecule is COC(=O)c1cc(C(=O)NCc2ncn3ccc(Cl)c(F)c23)cn1Cc1cn2cc(C3CC3)ccc2n1. The highest BCUT2D eigenvalue weighted by Gasteiger charge is 2.24. The number of imidazole rings is 2. The van der Waals surface area contributed by atoms with Gasteiger partial charge in [-0.15, -0.1) is 0 Å². The fraction of sp³-hybridized carbons (Fsp3) is 0.231. The number of methoxy groups -OCH3 is 1. The van der Waals surface area contributed by atoms with Crippen molar-refractivity contribution >= 4 is 34.6 Å². The average molecular weight is 521 g/mol. The minimum atomic E-state index is -0.609. The lowest BCUT2D eigenvalue weighted by molar-refractivity contribution is 0.0589. The van der Waals surface area contributed by atoms with Gasteiger partial charge in [-0.2, -0.15) is 0 Å². The number of rotatable bonds is 7. The van der Waals surface area contributed by atoms with Crippen LogP contribution in [0, 0.1) is 5.82 Å². The number of fused-ring (bicyclic) bond motifs is 2. The van der Waals surface area contributed by atoms with Crippen molar-refractivity contribution in [1.29, 1.82) is 0 Å². The number of hydrogen-bond donors (Lipinski definition) is 1. The normalized spacial score (nSPS) is 13.4. The minimum Gasteiger partial charge on any atom is -0.464 e. The number of amides is 1. The van der Waals surface area contributed by atoms with Gasteiger partial charge in [0.25, 0.3) is 5.91 Å². The van der Waals surface area contributed by atoms with E-state index >= 15 is 0 Å². The lowest BCUT2D eigenvalue weighted by atomic mass is 10.2. The van der Waals surface area contributed by atoms with E-state index < -0.39 is 17.7 Å². The van der Waals surface area contributed by atoms with Gasteiger partial charge in [0, 0.05) is 24.8 Å². The summed E-state index contributed by atoms with van der Waals surface area (Å²) in [5.41, 5.74) is 3.82. The molecule has 0 saturated heterocycles. The summed E-state index contributed by atoms with van der Waals surface area (Å²) in [4.78, 5) is 34.2. The Morgan fingerprint density at radius 1 is 1.19 bits per heavy atom. The van der Waals surface area contributed by atoms with Crippen molar-refractivity contribution < 1.29 is 18.7 Å². The Morgan fingerprint density at radius 2 is 2.03 bits per heavy atom. The molecular formula is C26H22ClFN6O3. The molecule has 1 saturated carbocycles. The summed E-state index contributed by atoms with van der Waals surface area (Å²) in [6, 6.07) is 6.98. The second kappa shape index (κ2) is 9.04. The Balaban J connectivity index is 1.24. The number of nitrogens with zero attached hydrogens (tertiary/aromatic N) is 5. The Hall–Kier alpha value is -4.18. The topological polar surface area (TPSA) is 94.9 Å². The van der Waals surface area contributed by atoms with E-state index in [2.05, 4.69) is 27.5 Å². The molecule has 6 rings (SSSR count). The number of carbonyl (C=O) groups is 2. The van der Waals surface area contributed by atoms with Crippen LogP contribution in [0.2, 0.25) is 5.02 Å². The minimum absolute atomic E-state index is 0.0267. The fourth-order valence-corrected chi connectivity index (χ4v) is 4.64. The molecule has 0 bridgehead atoms. The lowest BCUT2D eigenvalue weighted by Gasteiger charge is -2.05. The first-order chi connectivity index (χ1) is 17.9. The van der Waals surface area contributed by atoms with E-state index in [1.165, 1.54) is 48.4 Å². The molecular weight excluding hydrogens is 499 g/mol. The van der Waals surface area contributed by atoms with Crippen molar-refractivity contribution in [1.82, 2.24) is 28.7 Å². The quantitative estimate of drug-likeness (QED) is 0.324. The molecule has 1 amide bonds. The lowest BCUT2D eigenvalue weighted by Crippen LogP contribution is -2.22. The summed E-state index contributed by atoms with van der Waals surface area (Å²) in [7, 11) is 1.28. The summed E-state index contributed by atoms with van der Waals surface area (Å²) in [5, 5.41) is 2.70. The van der Waals surface area contributed by atoms with Gasteiger partial charge < -0.3 is 23.4 Å². The maximum absolute atomic E-state index is 14.5. The largest absolute Gasteiger partial charge is 0.464 e. The molecule has 188 valence electrons. The molecule has 1 N–H and O–H groups in total. The van der Waals surface area contributed by atoms with E-state index in [0.29, 0.717) is 11.6 Å². The van der Waals surface area contributed by atoms with Gasteiger partial charge in [-0.1, -0.05) is 17.7 Å². The number of esters is 1. The van der Waals surface area contributed by atoms with Gasteiger partial charge >= 0.3 is 5.97 Å². The van der Waals surface area contributed by atoms with Crippen molar-refractivity contribution in [3.8, 4) is 0 Å². The zero-order valence-corrected chi connectivity index (χ0v) is 20.6. The highest BCUT2D eigenvalue weighted by molar-refractivity contribution is 6.31. The molecule has 0 atom stereocenters. The maximum Gasteiger partial charge on any atom is 0.354 e. The van der Waals surface area contributed by atoms with E-state index in [9.17, 15) is 14.0 Å². The number of pyridine rings is 2. The van der Waals surface area contributed by atoms with Crippen LogP contribution in [0.5, 0.6) is 0 Å². The molecule has 9 nitrogen and oxygen atoms in total. The van der Waals surface area contributed by atoms with Gasteiger partial charge in [0.15, 0.2) is 5.82 Å². The van der Waals surface area contributed by atoms with Crippen LogP contribution in [0.4, 0.5) is 4.39 Å². The van der Waals surface area contributed by atoms with E-state index in [-0.39, 0.29) is 34.9 Å². The first-order valence-electron chi connectivity index (χ1n) is 11.7. The van der Waals surface area contributed by atoms with Crippen molar-refractivity contribution in [3.05, 3.63) is 94.4 Å². The monoisotopic (exact) mass is 520 g/mol. The van der Waals surface area contributed by atoms with Gasteiger partial charge in [-0.05, 0) is 42.5 Å². The third-order valence-electron chi connectivity index (χ3n) is 6.54. The summed E-state index contributed by atoms with van der Waals surface area (Å²) >= 11 is 5.90. The summed E-state index contributed by atoms with van der Waals surface area (Å²) in [6.45, 7) is 0.245. The van der Waals surface area contributed by atoms with Crippen molar-refractivity contribution in [3.63, 3.8) is 0 Å². The number of carbonyl (C=O) groups excluding carboxylic acids is 2. The van der Waals surface area contributed by atoms with Crippen LogP contribution in [-0.4, -0.2) is 42.3 Å². The molecule has 5 aromatic heterocycles. The van der Waals surface area contributed by atoms with E-state index in [0.717, 1.165) is 11.3 Å². The maximum atomic E-state index is 14.5. The van der Waals surface area contributed by atoms with Crippen LogP contribution >= 0.6 is 11.6 Å². The molecule has 0 aromatic carbocycles. The first kappa shape index (κ1) is 23.2. The van der Waals surface area contributed by atoms with Crippen molar-refractivity contribution in [2.45, 2.75) is 31.8 Å². The van der Waals surface area contributed by atoms with Crippen LogP contribution in [0.3, 0.4) is 0 Å². The summed E-state index contributed by atoms with van der Waals surface area (Å²) in [5.74, 6) is -1.01. The number of nitrogens with one attached hydrogen (secondary N) is 1. The average Bonchev–Trinajstić information content (AvgIpc) is 3.34. The number of ether oxygens (including phenoxy) is 1. The molecule has 1 aliphatic rings. The van der Waals surface area contributed by atoms with Crippen LogP contribution in [0.25, 0.3) is 11.2 Å². The molecule has 5 heterocycles. The van der Waals surface area contributed by atoms with Crippen LogP contribution in [0.1, 0.15) is 56.6 Å². The Bertz CT molecular complexity index is 1680. The molecule has 5 aromatic rings. The Kier molecular flexibility index (Phi) is 5.68. The highest BCUT2D eigenvalue weighted by atomic mass is 35.5. The fourth-order valence-electron chi connectivity index (χ4n) is 4.49. The summed E-state index contributed by atoms with van der Waals surface area (Å²) < 4.78 is 24.5. The van der Waals surface area contributed by atoms with Gasteiger partial charge in [0.1, 0.15) is 16.9 Å². The molecule has 1 aliphatic carbocycles. The van der Waals surface area contributed by atoms with Gasteiger partial charge in [0.2, 0.25) is 0 Å². The standard InChI is InChI=1S/C26H22ClFN6O3/c1-37-26(36)21-8-17(25(35)29-9-20-24-23(28)19(27)6-7-32(24)14-30-20)11-33(21)12-18-13-34-10-16(15-2-3-15)4-5-22(34)31-18/h4-8,10-11,13-15H,2-3,9,12H2,1H3,(H,29,35). The van der Waals surface area contributed by atoms with Gasteiger partial charge in [-0.3, -0.25) is 4.79 Å². The zero-order chi connectivity index (χ0) is 25.7. The molecule has 37 heavy (non-hydrogen) atoms. The van der Waals surface area contributed by atoms with Crippen molar-refractivity contribution in [2.24, 2.45) is 0 Å². The molecule has 0 spiro atoms. The Morgan fingerprint density at radius 3 is 2.81 bits per heavy atom.